The second kappa shape index (κ2) is 6.73. The minimum atomic E-state index is -0.901. The number of carboxylic acids is 1. The van der Waals surface area contributed by atoms with Crippen LogP contribution >= 0.6 is 0 Å². The predicted molar refractivity (Wildman–Crippen MR) is 76.4 cm³/mol. The zero-order chi connectivity index (χ0) is 14.4. The topological polar surface area (TPSA) is 72.6 Å². The zero-order valence-corrected chi connectivity index (χ0v) is 11.0. The molecule has 0 aliphatic heterocycles. The summed E-state index contributed by atoms with van der Waals surface area (Å²) >= 11 is 0. The molecule has 2 aromatic carbocycles. The molecule has 0 bridgehead atoms. The number of hydrogen-bond donors (Lipinski definition) is 2. The third kappa shape index (κ3) is 4.10. The van der Waals surface area contributed by atoms with Gasteiger partial charge in [0.15, 0.2) is 0 Å². The summed E-state index contributed by atoms with van der Waals surface area (Å²) in [5.74, 6) is -0.165. The number of aliphatic carboxylic acids is 1. The molecule has 20 heavy (non-hydrogen) atoms. The van der Waals surface area contributed by atoms with Crippen LogP contribution in [0.2, 0.25) is 0 Å². The average molecular weight is 271 g/mol. The van der Waals surface area contributed by atoms with Crippen molar-refractivity contribution < 1.29 is 14.6 Å². The summed E-state index contributed by atoms with van der Waals surface area (Å²) < 4.78 is 5.65. The van der Waals surface area contributed by atoms with Crippen LogP contribution in [0.5, 0.6) is 5.75 Å². The van der Waals surface area contributed by atoms with Crippen molar-refractivity contribution in [1.82, 2.24) is 0 Å². The Morgan fingerprint density at radius 3 is 2.35 bits per heavy atom. The number of carbonyl (C=O) groups is 1. The molecule has 1 atom stereocenters. The highest BCUT2D eigenvalue weighted by atomic mass is 16.5. The van der Waals surface area contributed by atoms with E-state index in [0.717, 1.165) is 16.9 Å². The van der Waals surface area contributed by atoms with Crippen LogP contribution in [0.15, 0.2) is 54.6 Å². The molecule has 0 unspecified atom stereocenters. The zero-order valence-electron chi connectivity index (χ0n) is 11.0. The molecule has 0 saturated heterocycles. The summed E-state index contributed by atoms with van der Waals surface area (Å²) in [6.45, 7) is 0.501. The van der Waals surface area contributed by atoms with E-state index in [-0.39, 0.29) is 6.42 Å². The maximum absolute atomic E-state index is 10.6. The lowest BCUT2D eigenvalue weighted by atomic mass is 10.0. The third-order valence-electron chi connectivity index (χ3n) is 2.95. The molecule has 2 rings (SSSR count). The van der Waals surface area contributed by atoms with E-state index in [9.17, 15) is 4.79 Å². The summed E-state index contributed by atoms with van der Waals surface area (Å²) in [7, 11) is 0. The molecular formula is C16H17NO3. The molecule has 0 spiro atoms. The highest BCUT2D eigenvalue weighted by molar-refractivity contribution is 5.67. The van der Waals surface area contributed by atoms with Gasteiger partial charge in [-0.05, 0) is 23.3 Å². The quantitative estimate of drug-likeness (QED) is 0.847. The summed E-state index contributed by atoms with van der Waals surface area (Å²) in [5, 5.41) is 8.71. The van der Waals surface area contributed by atoms with Crippen LogP contribution in [0.1, 0.15) is 23.6 Å². The van der Waals surface area contributed by atoms with Gasteiger partial charge in [-0.3, -0.25) is 4.79 Å². The molecule has 0 heterocycles. The Morgan fingerprint density at radius 2 is 1.75 bits per heavy atom. The van der Waals surface area contributed by atoms with E-state index in [0.29, 0.717) is 6.61 Å². The first kappa shape index (κ1) is 14.1. The average Bonchev–Trinajstić information content (AvgIpc) is 2.46. The number of nitrogens with two attached hydrogens (primary N) is 1. The molecule has 4 nitrogen and oxygen atoms in total. The van der Waals surface area contributed by atoms with Gasteiger partial charge in [0.1, 0.15) is 12.4 Å². The first-order valence-electron chi connectivity index (χ1n) is 6.39. The Bertz CT molecular complexity index is 552. The summed E-state index contributed by atoms with van der Waals surface area (Å²) in [4.78, 5) is 10.6. The fraction of sp³-hybridized carbons (Fsp3) is 0.188. The van der Waals surface area contributed by atoms with E-state index >= 15 is 0 Å². The summed E-state index contributed by atoms with van der Waals surface area (Å²) in [5.41, 5.74) is 7.68. The second-order valence-electron chi connectivity index (χ2n) is 4.55. The molecule has 0 radical (unpaired) electrons. The highest BCUT2D eigenvalue weighted by Crippen LogP contribution is 2.19. The molecule has 0 aliphatic carbocycles. The maximum atomic E-state index is 10.6. The molecule has 0 amide bonds. The Balaban J connectivity index is 1.93. The van der Waals surface area contributed by atoms with Crippen molar-refractivity contribution in [2.45, 2.75) is 19.1 Å². The Hall–Kier alpha value is -2.33. The van der Waals surface area contributed by atoms with Crippen LogP contribution in [0.4, 0.5) is 0 Å². The third-order valence-corrected chi connectivity index (χ3v) is 2.95. The van der Waals surface area contributed by atoms with E-state index < -0.39 is 12.0 Å². The van der Waals surface area contributed by atoms with Crippen molar-refractivity contribution >= 4 is 5.97 Å². The van der Waals surface area contributed by atoms with Crippen molar-refractivity contribution in [2.24, 2.45) is 5.73 Å². The number of rotatable bonds is 6. The lowest BCUT2D eigenvalue weighted by Crippen LogP contribution is -2.14. The van der Waals surface area contributed by atoms with Crippen molar-refractivity contribution in [3.8, 4) is 5.75 Å². The number of carboxylic acid groups (broad SMARTS) is 1. The monoisotopic (exact) mass is 271 g/mol. The van der Waals surface area contributed by atoms with Gasteiger partial charge < -0.3 is 15.6 Å². The van der Waals surface area contributed by atoms with E-state index in [1.807, 2.05) is 30.3 Å². The predicted octanol–water partition coefficient (Wildman–Crippen LogP) is 2.74. The molecule has 104 valence electrons. The van der Waals surface area contributed by atoms with Crippen LogP contribution in [-0.4, -0.2) is 11.1 Å². The Morgan fingerprint density at radius 1 is 1.10 bits per heavy atom. The van der Waals surface area contributed by atoms with Gasteiger partial charge in [-0.2, -0.15) is 0 Å². The van der Waals surface area contributed by atoms with E-state index in [4.69, 9.17) is 15.6 Å². The second-order valence-corrected chi connectivity index (χ2v) is 4.55. The van der Waals surface area contributed by atoms with Gasteiger partial charge in [-0.1, -0.05) is 42.5 Å². The molecule has 0 fully saturated rings. The van der Waals surface area contributed by atoms with E-state index in [1.165, 1.54) is 0 Å². The minimum Gasteiger partial charge on any atom is -0.489 e. The summed E-state index contributed by atoms with van der Waals surface area (Å²) in [6.07, 6.45) is -0.0791. The Labute approximate surface area is 117 Å². The van der Waals surface area contributed by atoms with E-state index in [2.05, 4.69) is 0 Å². The summed E-state index contributed by atoms with van der Waals surface area (Å²) in [6, 6.07) is 16.6. The largest absolute Gasteiger partial charge is 0.489 e. The maximum Gasteiger partial charge on any atom is 0.305 e. The standard InChI is InChI=1S/C16H17NO3/c17-15(10-16(18)19)13-6-8-14(9-7-13)20-11-12-4-2-1-3-5-12/h1-9,15H,10-11,17H2,(H,18,19)/t15-/m1/s1. The van der Waals surface area contributed by atoms with Crippen LogP contribution in [0.25, 0.3) is 0 Å². The smallest absolute Gasteiger partial charge is 0.305 e. The fourth-order valence-corrected chi connectivity index (χ4v) is 1.86. The van der Waals surface area contributed by atoms with Gasteiger partial charge in [0.05, 0.1) is 6.42 Å². The lowest BCUT2D eigenvalue weighted by molar-refractivity contribution is -0.137. The molecule has 4 heteroatoms. The van der Waals surface area contributed by atoms with Crippen molar-refractivity contribution in [3.63, 3.8) is 0 Å². The van der Waals surface area contributed by atoms with Gasteiger partial charge in [-0.15, -0.1) is 0 Å². The molecule has 0 aromatic heterocycles. The van der Waals surface area contributed by atoms with Crippen LogP contribution < -0.4 is 10.5 Å². The number of benzene rings is 2. The van der Waals surface area contributed by atoms with Crippen molar-refractivity contribution in [2.75, 3.05) is 0 Å². The van der Waals surface area contributed by atoms with Gasteiger partial charge in [0, 0.05) is 6.04 Å². The molecule has 2 aromatic rings. The normalized spacial score (nSPS) is 11.8. The van der Waals surface area contributed by atoms with Crippen molar-refractivity contribution in [1.29, 1.82) is 0 Å². The lowest BCUT2D eigenvalue weighted by Gasteiger charge is -2.11. The van der Waals surface area contributed by atoms with Crippen molar-refractivity contribution in [3.05, 3.63) is 65.7 Å². The van der Waals surface area contributed by atoms with Gasteiger partial charge in [0.2, 0.25) is 0 Å². The molecule has 0 saturated carbocycles. The van der Waals surface area contributed by atoms with Crippen LogP contribution in [-0.2, 0) is 11.4 Å². The van der Waals surface area contributed by atoms with Crippen LogP contribution in [0.3, 0.4) is 0 Å². The highest BCUT2D eigenvalue weighted by Gasteiger charge is 2.10. The number of ether oxygens (including phenoxy) is 1. The van der Waals surface area contributed by atoms with E-state index in [1.54, 1.807) is 24.3 Å². The van der Waals surface area contributed by atoms with Gasteiger partial charge >= 0.3 is 5.97 Å². The first-order chi connectivity index (χ1) is 9.65. The first-order valence-corrected chi connectivity index (χ1v) is 6.39. The van der Waals surface area contributed by atoms with Gasteiger partial charge in [0.25, 0.3) is 0 Å². The minimum absolute atomic E-state index is 0.0791. The molecule has 3 N–H and O–H groups in total. The fourth-order valence-electron chi connectivity index (χ4n) is 1.86. The number of hydrogen-bond acceptors (Lipinski definition) is 3. The molecular weight excluding hydrogens is 254 g/mol. The van der Waals surface area contributed by atoms with Gasteiger partial charge in [-0.25, -0.2) is 0 Å². The van der Waals surface area contributed by atoms with Crippen LogP contribution in [0, 0.1) is 0 Å². The Kier molecular flexibility index (Phi) is 4.74. The molecule has 0 aliphatic rings. The SMILES string of the molecule is N[C@H](CC(=O)O)c1ccc(OCc2ccccc2)cc1.